The summed E-state index contributed by atoms with van der Waals surface area (Å²) in [4.78, 5) is 0. The summed E-state index contributed by atoms with van der Waals surface area (Å²) in [6.45, 7) is 12.4. The zero-order chi connectivity index (χ0) is 16.6. The van der Waals surface area contributed by atoms with E-state index in [-0.39, 0.29) is 6.04 Å². The second-order valence-corrected chi connectivity index (χ2v) is 6.60. The predicted octanol–water partition coefficient (Wildman–Crippen LogP) is 5.15. The second kappa shape index (κ2) is 6.17. The summed E-state index contributed by atoms with van der Waals surface area (Å²) in [5, 5.41) is 0. The predicted molar refractivity (Wildman–Crippen MR) is 100 cm³/mol. The number of fused-ring (bicyclic) bond motifs is 1. The molecule has 0 aliphatic heterocycles. The average molecular weight is 303 g/mol. The first-order valence-electron chi connectivity index (χ1n) is 8.24. The van der Waals surface area contributed by atoms with Gasteiger partial charge in [0.25, 0.3) is 0 Å². The lowest BCUT2D eigenvalue weighted by atomic mass is 9.66. The first kappa shape index (κ1) is 15.8. The van der Waals surface area contributed by atoms with E-state index >= 15 is 0 Å². The van der Waals surface area contributed by atoms with Gasteiger partial charge < -0.3 is 5.73 Å². The number of benzene rings is 1. The fourth-order valence-corrected chi connectivity index (χ4v) is 3.93. The molecular weight excluding hydrogens is 278 g/mol. The molecule has 2 aliphatic carbocycles. The lowest BCUT2D eigenvalue weighted by Crippen LogP contribution is -2.30. The highest BCUT2D eigenvalue weighted by Crippen LogP contribution is 2.48. The molecule has 0 radical (unpaired) electrons. The van der Waals surface area contributed by atoms with E-state index in [4.69, 9.17) is 5.73 Å². The summed E-state index contributed by atoms with van der Waals surface area (Å²) in [5.41, 5.74) is 14.2. The Labute approximate surface area is 139 Å². The molecule has 0 heterocycles. The van der Waals surface area contributed by atoms with Gasteiger partial charge in [0, 0.05) is 17.9 Å². The van der Waals surface area contributed by atoms with Crippen LogP contribution in [0.15, 0.2) is 77.9 Å². The van der Waals surface area contributed by atoms with Crippen LogP contribution >= 0.6 is 0 Å². The molecule has 0 aromatic heterocycles. The molecule has 0 amide bonds. The monoisotopic (exact) mass is 303 g/mol. The van der Waals surface area contributed by atoms with Crippen LogP contribution in [-0.2, 0) is 0 Å². The Kier molecular flexibility index (Phi) is 4.23. The fourth-order valence-electron chi connectivity index (χ4n) is 3.93. The Morgan fingerprint density at radius 1 is 1.09 bits per heavy atom. The number of hydrogen-bond donors (Lipinski definition) is 1. The van der Waals surface area contributed by atoms with Gasteiger partial charge in [-0.2, -0.15) is 0 Å². The third-order valence-electron chi connectivity index (χ3n) is 5.31. The molecule has 2 N–H and O–H groups in total. The standard InChI is InChI=1S/C22H25N/c1-5-16-9-7-8-10-19(16)22-15(4)17(6-2)12-18-13-21(23)14(3)11-20(18)22/h5-11,13,20-22H,1-2,12,23H2,3-4H3. The van der Waals surface area contributed by atoms with Crippen molar-refractivity contribution in [3.63, 3.8) is 0 Å². The first-order chi connectivity index (χ1) is 11.1. The van der Waals surface area contributed by atoms with Crippen molar-refractivity contribution in [3.8, 4) is 0 Å². The Morgan fingerprint density at radius 2 is 1.83 bits per heavy atom. The Morgan fingerprint density at radius 3 is 2.52 bits per heavy atom. The summed E-state index contributed by atoms with van der Waals surface area (Å²) in [7, 11) is 0. The zero-order valence-corrected chi connectivity index (χ0v) is 14.0. The van der Waals surface area contributed by atoms with Crippen LogP contribution in [0.5, 0.6) is 0 Å². The van der Waals surface area contributed by atoms with Crippen LogP contribution in [0.25, 0.3) is 6.08 Å². The molecule has 1 nitrogen and oxygen atoms in total. The molecule has 2 aliphatic rings. The molecule has 0 saturated heterocycles. The molecule has 0 fully saturated rings. The van der Waals surface area contributed by atoms with Gasteiger partial charge in [0.1, 0.15) is 0 Å². The van der Waals surface area contributed by atoms with E-state index in [0.29, 0.717) is 11.8 Å². The van der Waals surface area contributed by atoms with Gasteiger partial charge in [-0.25, -0.2) is 0 Å². The van der Waals surface area contributed by atoms with Gasteiger partial charge in [0.2, 0.25) is 0 Å². The van der Waals surface area contributed by atoms with Crippen LogP contribution in [0.1, 0.15) is 37.3 Å². The SMILES string of the molecule is C=CC1=C(C)C(c2ccccc2C=C)C2C=C(C)C(N)C=C2C1. The maximum Gasteiger partial charge on any atom is 0.0440 e. The van der Waals surface area contributed by atoms with Crippen molar-refractivity contribution >= 4 is 6.08 Å². The first-order valence-corrected chi connectivity index (χ1v) is 8.24. The molecule has 3 atom stereocenters. The molecule has 0 spiro atoms. The average Bonchev–Trinajstić information content (AvgIpc) is 2.56. The number of rotatable bonds is 3. The van der Waals surface area contributed by atoms with E-state index in [0.717, 1.165) is 6.42 Å². The van der Waals surface area contributed by atoms with Crippen LogP contribution in [0.2, 0.25) is 0 Å². The molecule has 23 heavy (non-hydrogen) atoms. The van der Waals surface area contributed by atoms with Crippen LogP contribution in [0.3, 0.4) is 0 Å². The van der Waals surface area contributed by atoms with Crippen LogP contribution in [0.4, 0.5) is 0 Å². The topological polar surface area (TPSA) is 26.0 Å². The largest absolute Gasteiger partial charge is 0.321 e. The van der Waals surface area contributed by atoms with Gasteiger partial charge in [0.15, 0.2) is 0 Å². The van der Waals surface area contributed by atoms with Crippen LogP contribution in [0, 0.1) is 5.92 Å². The van der Waals surface area contributed by atoms with Crippen molar-refractivity contribution in [2.24, 2.45) is 11.7 Å². The highest BCUT2D eigenvalue weighted by Gasteiger charge is 2.35. The summed E-state index contributed by atoms with van der Waals surface area (Å²) in [6.07, 6.45) is 9.55. The normalized spacial score (nSPS) is 27.0. The molecule has 1 heteroatoms. The molecular formula is C22H25N. The zero-order valence-electron chi connectivity index (χ0n) is 14.0. The quantitative estimate of drug-likeness (QED) is 0.768. The van der Waals surface area contributed by atoms with Crippen molar-refractivity contribution in [1.29, 1.82) is 0 Å². The number of nitrogens with two attached hydrogens (primary N) is 1. The molecule has 3 unspecified atom stereocenters. The molecule has 0 saturated carbocycles. The maximum absolute atomic E-state index is 6.24. The second-order valence-electron chi connectivity index (χ2n) is 6.60. The summed E-state index contributed by atoms with van der Waals surface area (Å²) < 4.78 is 0. The van der Waals surface area contributed by atoms with Crippen molar-refractivity contribution in [2.45, 2.75) is 32.2 Å². The summed E-state index contributed by atoms with van der Waals surface area (Å²) in [5.74, 6) is 0.722. The van der Waals surface area contributed by atoms with Crippen molar-refractivity contribution in [2.75, 3.05) is 0 Å². The third kappa shape index (κ3) is 2.66. The lowest BCUT2D eigenvalue weighted by molar-refractivity contribution is 0.572. The lowest BCUT2D eigenvalue weighted by Gasteiger charge is -2.38. The van der Waals surface area contributed by atoms with E-state index < -0.39 is 0 Å². The van der Waals surface area contributed by atoms with E-state index in [1.165, 1.54) is 33.4 Å². The molecule has 1 aromatic rings. The van der Waals surface area contributed by atoms with E-state index in [1.807, 2.05) is 12.2 Å². The molecule has 118 valence electrons. The van der Waals surface area contributed by atoms with Gasteiger partial charge in [-0.15, -0.1) is 0 Å². The molecule has 0 bridgehead atoms. The Balaban J connectivity index is 2.20. The van der Waals surface area contributed by atoms with Gasteiger partial charge in [0.05, 0.1) is 0 Å². The highest BCUT2D eigenvalue weighted by molar-refractivity contribution is 5.58. The van der Waals surface area contributed by atoms with Crippen molar-refractivity contribution in [3.05, 3.63) is 89.1 Å². The number of allylic oxidation sites excluding steroid dienone is 5. The molecule has 1 aromatic carbocycles. The minimum absolute atomic E-state index is 0.0426. The van der Waals surface area contributed by atoms with Crippen LogP contribution < -0.4 is 5.73 Å². The minimum atomic E-state index is 0.0426. The summed E-state index contributed by atoms with van der Waals surface area (Å²) in [6, 6.07) is 8.61. The Bertz CT molecular complexity index is 745. The van der Waals surface area contributed by atoms with Crippen molar-refractivity contribution in [1.82, 2.24) is 0 Å². The molecule has 3 rings (SSSR count). The highest BCUT2D eigenvalue weighted by atomic mass is 14.6. The summed E-state index contributed by atoms with van der Waals surface area (Å²) >= 11 is 0. The van der Waals surface area contributed by atoms with Gasteiger partial charge in [-0.3, -0.25) is 0 Å². The number of hydrogen-bond acceptors (Lipinski definition) is 1. The van der Waals surface area contributed by atoms with Gasteiger partial charge >= 0.3 is 0 Å². The fraction of sp³-hybridized carbons (Fsp3) is 0.273. The van der Waals surface area contributed by atoms with Gasteiger partial charge in [-0.1, -0.05) is 78.4 Å². The Hall–Kier alpha value is -2.12. The van der Waals surface area contributed by atoms with Gasteiger partial charge in [-0.05, 0) is 37.0 Å². The van der Waals surface area contributed by atoms with E-state index in [1.54, 1.807) is 0 Å². The minimum Gasteiger partial charge on any atom is -0.321 e. The van der Waals surface area contributed by atoms with E-state index in [2.05, 4.69) is 63.4 Å². The smallest absolute Gasteiger partial charge is 0.0440 e. The maximum atomic E-state index is 6.24. The van der Waals surface area contributed by atoms with Crippen molar-refractivity contribution < 1.29 is 0 Å². The third-order valence-corrected chi connectivity index (χ3v) is 5.31. The van der Waals surface area contributed by atoms with Crippen LogP contribution in [-0.4, -0.2) is 6.04 Å². The van der Waals surface area contributed by atoms with E-state index in [9.17, 15) is 0 Å².